The molecule has 0 aliphatic heterocycles. The summed E-state index contributed by atoms with van der Waals surface area (Å²) in [7, 11) is 2.02. The van der Waals surface area contributed by atoms with Crippen molar-refractivity contribution >= 4 is 11.6 Å². The first-order valence-corrected chi connectivity index (χ1v) is 9.30. The van der Waals surface area contributed by atoms with Gasteiger partial charge >= 0.3 is 0 Å². The number of nitrogens with one attached hydrogen (secondary N) is 1. The van der Waals surface area contributed by atoms with E-state index in [2.05, 4.69) is 11.0 Å². The molecule has 0 aliphatic rings. The van der Waals surface area contributed by atoms with Gasteiger partial charge in [-0.1, -0.05) is 54.6 Å². The maximum atomic E-state index is 11.5. The zero-order chi connectivity index (χ0) is 20.5. The molecule has 5 nitrogen and oxygen atoms in total. The van der Waals surface area contributed by atoms with E-state index in [0.717, 1.165) is 23.4 Å². The summed E-state index contributed by atoms with van der Waals surface area (Å²) < 4.78 is 0. The first-order chi connectivity index (χ1) is 13.5. The highest BCUT2D eigenvalue weighted by Gasteiger charge is 2.15. The van der Waals surface area contributed by atoms with Crippen LogP contribution < -0.4 is 10.4 Å². The fourth-order valence-electron chi connectivity index (χ4n) is 3.18. The average molecular weight is 380 g/mol. The van der Waals surface area contributed by atoms with Gasteiger partial charge in [0, 0.05) is 36.0 Å². The number of hydrogen-bond acceptors (Lipinski definition) is 4. The minimum Gasteiger partial charge on any atom is -0.507 e. The molecule has 0 saturated carbocycles. The molecular weight excluding hydrogens is 352 g/mol. The zero-order valence-electron chi connectivity index (χ0n) is 16.6. The third kappa shape index (κ3) is 5.47. The van der Waals surface area contributed by atoms with E-state index in [-0.39, 0.29) is 11.7 Å². The lowest BCUT2D eigenvalue weighted by atomic mass is 9.99. The fraction of sp³-hybridized carbons (Fsp3) is 0.261. The maximum Gasteiger partial charge on any atom is 0.269 e. The van der Waals surface area contributed by atoms with Crippen LogP contribution in [0.1, 0.15) is 20.3 Å². The number of allylic oxidation sites excluding steroid dienone is 2. The third-order valence-corrected chi connectivity index (χ3v) is 4.67. The van der Waals surface area contributed by atoms with E-state index in [9.17, 15) is 9.90 Å². The highest BCUT2D eigenvalue weighted by atomic mass is 16.5. The van der Waals surface area contributed by atoms with Crippen LogP contribution in [-0.4, -0.2) is 29.8 Å². The number of anilines is 1. The third-order valence-electron chi connectivity index (χ3n) is 4.67. The van der Waals surface area contributed by atoms with Gasteiger partial charge in [0.05, 0.1) is 0 Å². The number of amides is 1. The van der Waals surface area contributed by atoms with Crippen molar-refractivity contribution < 1.29 is 15.1 Å². The van der Waals surface area contributed by atoms with E-state index in [1.165, 1.54) is 0 Å². The van der Waals surface area contributed by atoms with Crippen molar-refractivity contribution in [1.82, 2.24) is 5.48 Å². The Morgan fingerprint density at radius 1 is 1.14 bits per heavy atom. The largest absolute Gasteiger partial charge is 0.507 e. The van der Waals surface area contributed by atoms with E-state index in [1.807, 2.05) is 68.6 Å². The van der Waals surface area contributed by atoms with E-state index in [0.29, 0.717) is 12.0 Å². The number of nitrogens with zero attached hydrogens (tertiary/aromatic N) is 1. The quantitative estimate of drug-likeness (QED) is 0.272. The van der Waals surface area contributed by atoms with Gasteiger partial charge in [-0.25, -0.2) is 5.48 Å². The summed E-state index contributed by atoms with van der Waals surface area (Å²) in [5.74, 6) is -0.0479. The van der Waals surface area contributed by atoms with Crippen LogP contribution in [-0.2, 0) is 4.79 Å². The molecule has 0 heterocycles. The molecule has 0 spiro atoms. The van der Waals surface area contributed by atoms with Gasteiger partial charge in [-0.3, -0.25) is 10.0 Å². The number of para-hydroxylation sites is 2. The number of rotatable bonds is 8. The Kier molecular flexibility index (Phi) is 7.84. The van der Waals surface area contributed by atoms with Crippen molar-refractivity contribution in [2.45, 2.75) is 20.3 Å². The average Bonchev–Trinajstić information content (AvgIpc) is 2.71. The first-order valence-electron chi connectivity index (χ1n) is 9.30. The Hall–Kier alpha value is -3.05. The molecule has 1 amide bonds. The molecule has 0 fully saturated rings. The van der Waals surface area contributed by atoms with Crippen LogP contribution >= 0.6 is 0 Å². The summed E-state index contributed by atoms with van der Waals surface area (Å²) in [6.07, 6.45) is 6.62. The van der Waals surface area contributed by atoms with Crippen molar-refractivity contribution in [3.63, 3.8) is 0 Å². The lowest BCUT2D eigenvalue weighted by Gasteiger charge is -2.26. The van der Waals surface area contributed by atoms with Gasteiger partial charge in [-0.15, -0.1) is 0 Å². The Balaban J connectivity index is 2.24. The Morgan fingerprint density at radius 3 is 2.43 bits per heavy atom. The summed E-state index contributed by atoms with van der Waals surface area (Å²) in [5.41, 5.74) is 4.92. The molecule has 0 aromatic heterocycles. The number of phenols is 1. The van der Waals surface area contributed by atoms with Gasteiger partial charge in [-0.05, 0) is 38.3 Å². The van der Waals surface area contributed by atoms with Gasteiger partial charge in [0.2, 0.25) is 0 Å². The SMILES string of the molecule is C/C=C\C(C/C=C(\C)C(=O)NO)CN(C)c1ccccc1-c1ccccc1O. The van der Waals surface area contributed by atoms with Crippen molar-refractivity contribution in [1.29, 1.82) is 0 Å². The summed E-state index contributed by atoms with van der Waals surface area (Å²) in [4.78, 5) is 13.6. The number of hydrogen-bond donors (Lipinski definition) is 3. The van der Waals surface area contributed by atoms with Gasteiger partial charge in [0.15, 0.2) is 0 Å². The minimum atomic E-state index is -0.488. The topological polar surface area (TPSA) is 72.8 Å². The molecule has 0 aliphatic carbocycles. The van der Waals surface area contributed by atoms with Gasteiger partial charge < -0.3 is 10.0 Å². The summed E-state index contributed by atoms with van der Waals surface area (Å²) >= 11 is 0. The Bertz CT molecular complexity index is 858. The van der Waals surface area contributed by atoms with Crippen LogP contribution in [0.25, 0.3) is 11.1 Å². The molecule has 1 atom stereocenters. The van der Waals surface area contributed by atoms with Gasteiger partial charge in [-0.2, -0.15) is 0 Å². The number of hydroxylamine groups is 1. The molecule has 0 saturated heterocycles. The molecule has 28 heavy (non-hydrogen) atoms. The van der Waals surface area contributed by atoms with Crippen molar-refractivity contribution in [3.05, 3.63) is 72.3 Å². The highest BCUT2D eigenvalue weighted by Crippen LogP contribution is 2.35. The summed E-state index contributed by atoms with van der Waals surface area (Å²) in [6, 6.07) is 15.3. The highest BCUT2D eigenvalue weighted by molar-refractivity contribution is 5.91. The van der Waals surface area contributed by atoms with Gasteiger partial charge in [0.1, 0.15) is 5.75 Å². The molecular formula is C23H28N2O3. The second-order valence-corrected chi connectivity index (χ2v) is 6.76. The lowest BCUT2D eigenvalue weighted by molar-refractivity contribution is -0.125. The van der Waals surface area contributed by atoms with Crippen LogP contribution in [0, 0.1) is 5.92 Å². The number of phenolic OH excluding ortho intramolecular Hbond substituents is 1. The first kappa shape index (κ1) is 21.3. The lowest BCUT2D eigenvalue weighted by Crippen LogP contribution is -2.25. The van der Waals surface area contributed by atoms with Crippen molar-refractivity contribution in [2.24, 2.45) is 5.92 Å². The van der Waals surface area contributed by atoms with E-state index < -0.39 is 5.91 Å². The number of carbonyl (C=O) groups is 1. The predicted octanol–water partition coefficient (Wildman–Crippen LogP) is 4.53. The number of carbonyl (C=O) groups excluding carboxylic acids is 1. The van der Waals surface area contributed by atoms with E-state index in [1.54, 1.807) is 18.5 Å². The molecule has 2 aromatic carbocycles. The van der Waals surface area contributed by atoms with Gasteiger partial charge in [0.25, 0.3) is 5.91 Å². The smallest absolute Gasteiger partial charge is 0.269 e. The Morgan fingerprint density at radius 2 is 1.79 bits per heavy atom. The number of benzene rings is 2. The van der Waals surface area contributed by atoms with Crippen LogP contribution in [0.2, 0.25) is 0 Å². The van der Waals surface area contributed by atoms with Crippen LogP contribution in [0.15, 0.2) is 72.3 Å². The van der Waals surface area contributed by atoms with Crippen LogP contribution in [0.5, 0.6) is 5.75 Å². The minimum absolute atomic E-state index is 0.189. The Labute approximate surface area is 166 Å². The van der Waals surface area contributed by atoms with Crippen LogP contribution in [0.4, 0.5) is 5.69 Å². The van der Waals surface area contributed by atoms with Crippen LogP contribution in [0.3, 0.4) is 0 Å². The molecule has 0 bridgehead atoms. The monoisotopic (exact) mass is 380 g/mol. The summed E-state index contributed by atoms with van der Waals surface area (Å²) in [6.45, 7) is 4.38. The zero-order valence-corrected chi connectivity index (χ0v) is 16.6. The molecule has 3 N–H and O–H groups in total. The molecule has 1 unspecified atom stereocenters. The molecule has 0 radical (unpaired) electrons. The van der Waals surface area contributed by atoms with E-state index in [4.69, 9.17) is 5.21 Å². The number of aromatic hydroxyl groups is 1. The fourth-order valence-corrected chi connectivity index (χ4v) is 3.18. The molecule has 2 rings (SSSR count). The molecule has 148 valence electrons. The standard InChI is InChI=1S/C23H28N2O3/c1-4-9-18(15-14-17(2)23(27)24-28)16-25(3)21-12-7-5-10-19(21)20-11-6-8-13-22(20)26/h4-14,18,26,28H,15-16H2,1-3H3,(H,24,27)/b9-4-,17-14+. The molecule has 5 heteroatoms. The normalized spacial score (nSPS) is 12.8. The van der Waals surface area contributed by atoms with E-state index >= 15 is 0 Å². The molecule has 2 aromatic rings. The van der Waals surface area contributed by atoms with Crippen molar-refractivity contribution in [3.8, 4) is 16.9 Å². The second kappa shape index (κ2) is 10.3. The predicted molar refractivity (Wildman–Crippen MR) is 113 cm³/mol. The van der Waals surface area contributed by atoms with Crippen molar-refractivity contribution in [2.75, 3.05) is 18.5 Å². The summed E-state index contributed by atoms with van der Waals surface area (Å²) in [5, 5.41) is 19.0. The second-order valence-electron chi connectivity index (χ2n) is 6.76. The maximum absolute atomic E-state index is 11.5.